The van der Waals surface area contributed by atoms with Crippen molar-refractivity contribution in [1.82, 2.24) is 4.90 Å². The fourth-order valence-electron chi connectivity index (χ4n) is 3.67. The molecule has 2 heterocycles. The molecule has 4 heteroatoms. The molecule has 3 unspecified atom stereocenters. The zero-order chi connectivity index (χ0) is 13.5. The van der Waals surface area contributed by atoms with Gasteiger partial charge in [-0.15, -0.1) is 0 Å². The Labute approximate surface area is 118 Å². The lowest BCUT2D eigenvalue weighted by atomic mass is 9.68. The minimum atomic E-state index is -0.360. The Hall–Kier alpha value is -1.06. The standard InChI is InChI=1S/C15H18ClNO2/c1-19-14(18)15-7-9-17(10-15)8-6-13(15)11-2-4-12(16)5-3-11/h2-5,13H,6-10H2,1H3. The van der Waals surface area contributed by atoms with Gasteiger partial charge in [0.05, 0.1) is 12.5 Å². The smallest absolute Gasteiger partial charge is 0.313 e. The minimum absolute atomic E-state index is 0.0605. The number of carbonyl (C=O) groups excluding carboxylic acids is 1. The van der Waals surface area contributed by atoms with Crippen LogP contribution in [0, 0.1) is 5.41 Å². The maximum Gasteiger partial charge on any atom is 0.313 e. The zero-order valence-electron chi connectivity index (χ0n) is 11.1. The average molecular weight is 280 g/mol. The first-order valence-corrected chi connectivity index (χ1v) is 7.10. The highest BCUT2D eigenvalue weighted by Gasteiger charge is 2.54. The molecule has 2 aliphatic rings. The van der Waals surface area contributed by atoms with E-state index >= 15 is 0 Å². The van der Waals surface area contributed by atoms with Crippen LogP contribution >= 0.6 is 11.6 Å². The van der Waals surface area contributed by atoms with E-state index in [1.165, 1.54) is 12.7 Å². The molecule has 19 heavy (non-hydrogen) atoms. The predicted octanol–water partition coefficient (Wildman–Crippen LogP) is 2.69. The summed E-state index contributed by atoms with van der Waals surface area (Å²) in [6, 6.07) is 7.91. The molecule has 0 aliphatic carbocycles. The Kier molecular flexibility index (Phi) is 3.27. The molecule has 2 bridgehead atoms. The van der Waals surface area contributed by atoms with Gasteiger partial charge >= 0.3 is 5.97 Å². The van der Waals surface area contributed by atoms with Crippen molar-refractivity contribution in [2.24, 2.45) is 5.41 Å². The van der Waals surface area contributed by atoms with E-state index < -0.39 is 0 Å². The Morgan fingerprint density at radius 2 is 2.11 bits per heavy atom. The fraction of sp³-hybridized carbons (Fsp3) is 0.533. The average Bonchev–Trinajstić information content (AvgIpc) is 2.78. The number of rotatable bonds is 2. The quantitative estimate of drug-likeness (QED) is 0.780. The van der Waals surface area contributed by atoms with Crippen molar-refractivity contribution < 1.29 is 9.53 Å². The van der Waals surface area contributed by atoms with E-state index in [9.17, 15) is 4.79 Å². The van der Waals surface area contributed by atoms with E-state index in [0.29, 0.717) is 0 Å². The molecule has 3 rings (SSSR count). The summed E-state index contributed by atoms with van der Waals surface area (Å²) in [4.78, 5) is 14.7. The highest BCUT2D eigenvalue weighted by molar-refractivity contribution is 6.30. The summed E-state index contributed by atoms with van der Waals surface area (Å²) in [5, 5.41) is 0.736. The molecule has 0 saturated carbocycles. The van der Waals surface area contributed by atoms with Gasteiger partial charge in [-0.2, -0.15) is 0 Å². The van der Waals surface area contributed by atoms with E-state index in [2.05, 4.69) is 4.90 Å². The molecule has 3 nitrogen and oxygen atoms in total. The van der Waals surface area contributed by atoms with E-state index in [1.54, 1.807) is 0 Å². The van der Waals surface area contributed by atoms with E-state index in [4.69, 9.17) is 16.3 Å². The van der Waals surface area contributed by atoms with Crippen LogP contribution in [0.3, 0.4) is 0 Å². The maximum absolute atomic E-state index is 12.3. The second-order valence-electron chi connectivity index (χ2n) is 5.57. The first-order chi connectivity index (χ1) is 9.15. The number of esters is 1. The first-order valence-electron chi connectivity index (χ1n) is 6.72. The number of methoxy groups -OCH3 is 1. The van der Waals surface area contributed by atoms with Gasteiger partial charge in [-0.05, 0) is 43.6 Å². The highest BCUT2D eigenvalue weighted by Crippen LogP contribution is 2.49. The van der Waals surface area contributed by atoms with Crippen LogP contribution in [0.5, 0.6) is 0 Å². The van der Waals surface area contributed by atoms with Crippen LogP contribution in [0.4, 0.5) is 0 Å². The number of halogens is 1. The molecular formula is C15H18ClNO2. The minimum Gasteiger partial charge on any atom is -0.469 e. The molecular weight excluding hydrogens is 262 g/mol. The summed E-state index contributed by atoms with van der Waals surface area (Å²) >= 11 is 5.95. The lowest BCUT2D eigenvalue weighted by Crippen LogP contribution is -2.45. The summed E-state index contributed by atoms with van der Waals surface area (Å²) in [6.07, 6.45) is 1.91. The Morgan fingerprint density at radius 3 is 2.79 bits per heavy atom. The van der Waals surface area contributed by atoms with Crippen molar-refractivity contribution in [2.75, 3.05) is 26.7 Å². The van der Waals surface area contributed by atoms with Gasteiger partial charge in [0.25, 0.3) is 0 Å². The number of piperidine rings is 1. The molecule has 0 spiro atoms. The molecule has 0 radical (unpaired) electrons. The SMILES string of the molecule is COC(=O)C12CCN(CCC1c1ccc(Cl)cc1)C2. The first kappa shape index (κ1) is 12.9. The van der Waals surface area contributed by atoms with Crippen molar-refractivity contribution in [3.8, 4) is 0 Å². The monoisotopic (exact) mass is 279 g/mol. The molecule has 2 aliphatic heterocycles. The Morgan fingerprint density at radius 1 is 1.37 bits per heavy atom. The van der Waals surface area contributed by atoms with E-state index in [-0.39, 0.29) is 17.3 Å². The summed E-state index contributed by atoms with van der Waals surface area (Å²) in [5.41, 5.74) is 0.845. The van der Waals surface area contributed by atoms with Gasteiger partial charge in [0.2, 0.25) is 0 Å². The van der Waals surface area contributed by atoms with Crippen LogP contribution in [-0.4, -0.2) is 37.6 Å². The van der Waals surface area contributed by atoms with Gasteiger partial charge < -0.3 is 9.64 Å². The predicted molar refractivity (Wildman–Crippen MR) is 74.3 cm³/mol. The lowest BCUT2D eigenvalue weighted by molar-refractivity contribution is -0.154. The molecule has 1 aromatic rings. The number of hydrogen-bond acceptors (Lipinski definition) is 3. The summed E-state index contributed by atoms with van der Waals surface area (Å²) in [7, 11) is 1.49. The van der Waals surface area contributed by atoms with Crippen LogP contribution in [0.2, 0.25) is 5.02 Å². The molecule has 2 fully saturated rings. The molecule has 3 atom stereocenters. The molecule has 0 amide bonds. The third kappa shape index (κ3) is 2.05. The Bertz CT molecular complexity index is 487. The van der Waals surface area contributed by atoms with Crippen molar-refractivity contribution in [3.05, 3.63) is 34.9 Å². The van der Waals surface area contributed by atoms with Gasteiger partial charge in [-0.25, -0.2) is 0 Å². The normalized spacial score (nSPS) is 33.2. The second kappa shape index (κ2) is 4.80. The Balaban J connectivity index is 1.98. The summed E-state index contributed by atoms with van der Waals surface area (Å²) in [6.45, 7) is 2.89. The van der Waals surface area contributed by atoms with Gasteiger partial charge in [-0.3, -0.25) is 4.79 Å². The molecule has 2 saturated heterocycles. The van der Waals surface area contributed by atoms with Gasteiger partial charge in [0.15, 0.2) is 0 Å². The van der Waals surface area contributed by atoms with Crippen LogP contribution in [-0.2, 0) is 9.53 Å². The lowest BCUT2D eigenvalue weighted by Gasteiger charge is -2.39. The molecule has 102 valence electrons. The van der Waals surface area contributed by atoms with E-state index in [1.807, 2.05) is 24.3 Å². The van der Waals surface area contributed by atoms with Crippen molar-refractivity contribution in [3.63, 3.8) is 0 Å². The van der Waals surface area contributed by atoms with Crippen LogP contribution in [0.25, 0.3) is 0 Å². The molecule has 0 N–H and O–H groups in total. The largest absolute Gasteiger partial charge is 0.469 e. The topological polar surface area (TPSA) is 29.5 Å². The number of ether oxygens (including phenoxy) is 1. The fourth-order valence-corrected chi connectivity index (χ4v) is 3.80. The van der Waals surface area contributed by atoms with E-state index in [0.717, 1.165) is 37.5 Å². The van der Waals surface area contributed by atoms with Crippen LogP contribution < -0.4 is 0 Å². The van der Waals surface area contributed by atoms with Crippen LogP contribution in [0.1, 0.15) is 24.3 Å². The van der Waals surface area contributed by atoms with Crippen LogP contribution in [0.15, 0.2) is 24.3 Å². The van der Waals surface area contributed by atoms with Crippen molar-refractivity contribution in [1.29, 1.82) is 0 Å². The number of benzene rings is 1. The molecule has 0 aromatic heterocycles. The number of carbonyl (C=O) groups is 1. The second-order valence-corrected chi connectivity index (χ2v) is 6.00. The summed E-state index contributed by atoms with van der Waals surface area (Å²) < 4.78 is 5.09. The van der Waals surface area contributed by atoms with Gasteiger partial charge in [0.1, 0.15) is 0 Å². The van der Waals surface area contributed by atoms with Crippen molar-refractivity contribution >= 4 is 17.6 Å². The maximum atomic E-state index is 12.3. The van der Waals surface area contributed by atoms with Gasteiger partial charge in [-0.1, -0.05) is 23.7 Å². The number of fused-ring (bicyclic) bond motifs is 2. The van der Waals surface area contributed by atoms with Crippen molar-refractivity contribution in [2.45, 2.75) is 18.8 Å². The highest BCUT2D eigenvalue weighted by atomic mass is 35.5. The molecule has 1 aromatic carbocycles. The number of hydrogen-bond donors (Lipinski definition) is 0. The third-order valence-corrected chi connectivity index (χ3v) is 4.90. The number of nitrogens with zero attached hydrogens (tertiary/aromatic N) is 1. The zero-order valence-corrected chi connectivity index (χ0v) is 11.8. The summed E-state index contributed by atoms with van der Waals surface area (Å²) in [5.74, 6) is 0.186. The van der Waals surface area contributed by atoms with Gasteiger partial charge in [0, 0.05) is 17.5 Å². The third-order valence-electron chi connectivity index (χ3n) is 4.65.